The molecule has 0 saturated heterocycles. The number of nitrogens with zero attached hydrogens (tertiary/aromatic N) is 2. The third-order valence-corrected chi connectivity index (χ3v) is 5.56. The molecule has 1 heterocycles. The van der Waals surface area contributed by atoms with Crippen molar-refractivity contribution in [2.75, 3.05) is 11.9 Å². The van der Waals surface area contributed by atoms with Crippen molar-refractivity contribution >= 4 is 34.3 Å². The summed E-state index contributed by atoms with van der Waals surface area (Å²) in [6, 6.07) is 14.6. The van der Waals surface area contributed by atoms with Crippen molar-refractivity contribution in [2.45, 2.75) is 44.6 Å². The first-order valence-corrected chi connectivity index (χ1v) is 11.0. The number of benzene rings is 2. The van der Waals surface area contributed by atoms with E-state index in [1.807, 2.05) is 56.3 Å². The summed E-state index contributed by atoms with van der Waals surface area (Å²) in [4.78, 5) is 30.6. The van der Waals surface area contributed by atoms with E-state index in [0.29, 0.717) is 40.6 Å². The quantitative estimate of drug-likeness (QED) is 0.423. The lowest BCUT2D eigenvalue weighted by Crippen LogP contribution is -2.28. The number of fused-ring (bicyclic) bond motifs is 1. The Balaban J connectivity index is 1.88. The molecule has 3 rings (SSSR count). The number of anilines is 1. The van der Waals surface area contributed by atoms with Gasteiger partial charge in [0.15, 0.2) is 5.16 Å². The van der Waals surface area contributed by atoms with Gasteiger partial charge in [-0.1, -0.05) is 49.9 Å². The molecule has 0 aliphatic carbocycles. The van der Waals surface area contributed by atoms with E-state index < -0.39 is 5.25 Å². The minimum Gasteiger partial charge on any atom is -0.492 e. The highest BCUT2D eigenvalue weighted by atomic mass is 32.2. The van der Waals surface area contributed by atoms with Gasteiger partial charge in [0.2, 0.25) is 5.91 Å². The normalized spacial score (nSPS) is 12.2. The summed E-state index contributed by atoms with van der Waals surface area (Å²) < 4.78 is 7.26. The number of amides is 1. The highest BCUT2D eigenvalue weighted by molar-refractivity contribution is 8.00. The van der Waals surface area contributed by atoms with Crippen LogP contribution in [0.15, 0.2) is 58.5 Å². The van der Waals surface area contributed by atoms with Crippen LogP contribution < -0.4 is 15.6 Å². The van der Waals surface area contributed by atoms with E-state index in [2.05, 4.69) is 24.1 Å². The van der Waals surface area contributed by atoms with Gasteiger partial charge in [0, 0.05) is 6.54 Å². The molecule has 30 heavy (non-hydrogen) atoms. The van der Waals surface area contributed by atoms with Gasteiger partial charge in [-0.05, 0) is 44.0 Å². The fourth-order valence-corrected chi connectivity index (χ4v) is 3.98. The number of carbonyl (C=O) groups excluding carboxylic acids is 1. The van der Waals surface area contributed by atoms with Crippen LogP contribution >= 0.6 is 11.8 Å². The van der Waals surface area contributed by atoms with Gasteiger partial charge < -0.3 is 10.1 Å². The minimum absolute atomic E-state index is 0.0777. The average molecular weight is 426 g/mol. The largest absolute Gasteiger partial charge is 0.492 e. The number of carbonyl (C=O) groups is 1. The fraction of sp³-hybridized carbons (Fsp3) is 0.348. The van der Waals surface area contributed by atoms with E-state index in [0.717, 1.165) is 0 Å². The number of aromatic nitrogens is 2. The van der Waals surface area contributed by atoms with Gasteiger partial charge in [-0.15, -0.1) is 0 Å². The zero-order chi connectivity index (χ0) is 21.7. The summed E-state index contributed by atoms with van der Waals surface area (Å²) in [5, 5.41) is 3.61. The van der Waals surface area contributed by atoms with E-state index in [1.165, 1.54) is 11.8 Å². The van der Waals surface area contributed by atoms with Gasteiger partial charge in [0.1, 0.15) is 5.75 Å². The maximum atomic E-state index is 13.0. The molecule has 0 saturated carbocycles. The van der Waals surface area contributed by atoms with Crippen molar-refractivity contribution in [3.8, 4) is 5.75 Å². The first-order chi connectivity index (χ1) is 14.4. The Morgan fingerprint density at radius 1 is 1.13 bits per heavy atom. The lowest BCUT2D eigenvalue weighted by atomic mass is 10.2. The lowest BCUT2D eigenvalue weighted by Gasteiger charge is -2.18. The van der Waals surface area contributed by atoms with Crippen LogP contribution in [0.25, 0.3) is 10.9 Å². The number of hydrogen-bond donors (Lipinski definition) is 1. The monoisotopic (exact) mass is 425 g/mol. The Morgan fingerprint density at radius 2 is 1.83 bits per heavy atom. The molecule has 6 nitrogen and oxygen atoms in total. The van der Waals surface area contributed by atoms with Crippen LogP contribution in [0.4, 0.5) is 5.69 Å². The predicted octanol–water partition coefficient (Wildman–Crippen LogP) is 4.57. The first-order valence-electron chi connectivity index (χ1n) is 10.1. The summed E-state index contributed by atoms with van der Waals surface area (Å²) >= 11 is 1.29. The molecular weight excluding hydrogens is 398 g/mol. The molecule has 1 amide bonds. The third kappa shape index (κ3) is 5.02. The molecule has 0 aliphatic heterocycles. The molecule has 0 unspecified atom stereocenters. The summed E-state index contributed by atoms with van der Waals surface area (Å²) in [6.07, 6.45) is 0. The van der Waals surface area contributed by atoms with Gasteiger partial charge in [-0.3, -0.25) is 14.2 Å². The van der Waals surface area contributed by atoms with Crippen LogP contribution in [-0.4, -0.2) is 27.3 Å². The van der Waals surface area contributed by atoms with Crippen LogP contribution in [0, 0.1) is 5.92 Å². The minimum atomic E-state index is -0.453. The second-order valence-corrected chi connectivity index (χ2v) is 8.71. The predicted molar refractivity (Wildman–Crippen MR) is 122 cm³/mol. The molecule has 1 atom stereocenters. The van der Waals surface area contributed by atoms with Crippen LogP contribution in [0.1, 0.15) is 27.7 Å². The zero-order valence-electron chi connectivity index (χ0n) is 17.7. The number of thioether (sulfide) groups is 1. The van der Waals surface area contributed by atoms with Crippen molar-refractivity contribution in [1.82, 2.24) is 9.55 Å². The Morgan fingerprint density at radius 3 is 2.57 bits per heavy atom. The van der Waals surface area contributed by atoms with Gasteiger partial charge >= 0.3 is 0 Å². The first kappa shape index (κ1) is 21.9. The van der Waals surface area contributed by atoms with Crippen molar-refractivity contribution in [3.05, 3.63) is 58.9 Å². The van der Waals surface area contributed by atoms with Crippen molar-refractivity contribution in [2.24, 2.45) is 5.92 Å². The van der Waals surface area contributed by atoms with Crippen molar-refractivity contribution < 1.29 is 9.53 Å². The number of nitrogens with one attached hydrogen (secondary N) is 1. The Kier molecular flexibility index (Phi) is 7.15. The van der Waals surface area contributed by atoms with E-state index in [4.69, 9.17) is 4.74 Å². The van der Waals surface area contributed by atoms with Gasteiger partial charge in [-0.2, -0.15) is 0 Å². The summed E-state index contributed by atoms with van der Waals surface area (Å²) in [5.41, 5.74) is 1.19. The molecular formula is C23H27N3O3S. The smallest absolute Gasteiger partial charge is 0.262 e. The standard InChI is InChI=1S/C23H27N3O3S/c1-5-29-20-13-9-8-12-19(20)24-21(27)16(4)30-23-25-18-11-7-6-10-17(18)22(28)26(23)14-15(2)3/h6-13,15-16H,5,14H2,1-4H3,(H,24,27)/t16-/m1/s1. The summed E-state index contributed by atoms with van der Waals surface area (Å²) in [6.45, 7) is 8.87. The van der Waals surface area contributed by atoms with E-state index >= 15 is 0 Å². The van der Waals surface area contributed by atoms with Crippen LogP contribution in [-0.2, 0) is 11.3 Å². The Bertz CT molecular complexity index is 1090. The van der Waals surface area contributed by atoms with Crippen LogP contribution in [0.3, 0.4) is 0 Å². The number of ether oxygens (including phenoxy) is 1. The molecule has 0 radical (unpaired) electrons. The summed E-state index contributed by atoms with van der Waals surface area (Å²) in [5.74, 6) is 0.726. The third-order valence-electron chi connectivity index (χ3n) is 4.47. The topological polar surface area (TPSA) is 73.2 Å². The Labute approximate surface area is 180 Å². The zero-order valence-corrected chi connectivity index (χ0v) is 18.5. The fourth-order valence-electron chi connectivity index (χ4n) is 3.06. The number of para-hydroxylation sites is 3. The van der Waals surface area contributed by atoms with E-state index in [9.17, 15) is 9.59 Å². The average Bonchev–Trinajstić information content (AvgIpc) is 2.72. The maximum Gasteiger partial charge on any atom is 0.262 e. The molecule has 0 fully saturated rings. The molecule has 2 aromatic carbocycles. The van der Waals surface area contributed by atoms with Crippen molar-refractivity contribution in [1.29, 1.82) is 0 Å². The molecule has 0 aliphatic rings. The van der Waals surface area contributed by atoms with E-state index in [1.54, 1.807) is 10.6 Å². The van der Waals surface area contributed by atoms with Crippen LogP contribution in [0.2, 0.25) is 0 Å². The molecule has 1 aromatic heterocycles. The SMILES string of the molecule is CCOc1ccccc1NC(=O)[C@@H](C)Sc1nc2ccccc2c(=O)n1CC(C)C. The molecule has 0 bridgehead atoms. The molecule has 7 heteroatoms. The Hall–Kier alpha value is -2.80. The van der Waals surface area contributed by atoms with Crippen molar-refractivity contribution in [3.63, 3.8) is 0 Å². The highest BCUT2D eigenvalue weighted by Crippen LogP contribution is 2.27. The molecule has 0 spiro atoms. The van der Waals surface area contributed by atoms with E-state index in [-0.39, 0.29) is 17.4 Å². The number of hydrogen-bond acceptors (Lipinski definition) is 5. The maximum absolute atomic E-state index is 13.0. The van der Waals surface area contributed by atoms with Gasteiger partial charge in [0.05, 0.1) is 28.4 Å². The second kappa shape index (κ2) is 9.80. The van der Waals surface area contributed by atoms with Gasteiger partial charge in [-0.25, -0.2) is 4.98 Å². The molecule has 1 N–H and O–H groups in total. The molecule has 3 aromatic rings. The summed E-state index contributed by atoms with van der Waals surface area (Å²) in [7, 11) is 0. The lowest BCUT2D eigenvalue weighted by molar-refractivity contribution is -0.115. The highest BCUT2D eigenvalue weighted by Gasteiger charge is 2.21. The van der Waals surface area contributed by atoms with Crippen LogP contribution in [0.5, 0.6) is 5.75 Å². The number of rotatable bonds is 8. The van der Waals surface area contributed by atoms with Gasteiger partial charge in [0.25, 0.3) is 5.56 Å². The molecule has 158 valence electrons. The second-order valence-electron chi connectivity index (χ2n) is 7.40.